The van der Waals surface area contributed by atoms with Crippen LogP contribution in [0.2, 0.25) is 5.02 Å². The molecule has 1 saturated heterocycles. The molecular weight excluding hydrogens is 484 g/mol. The van der Waals surface area contributed by atoms with Crippen molar-refractivity contribution in [2.75, 3.05) is 31.1 Å². The van der Waals surface area contributed by atoms with E-state index in [1.54, 1.807) is 0 Å². The molecule has 2 aromatic carbocycles. The molecule has 8 nitrogen and oxygen atoms in total. The van der Waals surface area contributed by atoms with Crippen molar-refractivity contribution in [3.63, 3.8) is 0 Å². The number of amides is 1. The maximum absolute atomic E-state index is 13.0. The number of nitrogens with zero attached hydrogens (tertiary/aromatic N) is 6. The van der Waals surface area contributed by atoms with Gasteiger partial charge in [-0.1, -0.05) is 47.1 Å². The minimum Gasteiger partial charge on any atom is -0.447 e. The van der Waals surface area contributed by atoms with Crippen molar-refractivity contribution in [1.82, 2.24) is 24.6 Å². The lowest BCUT2D eigenvalue weighted by Crippen LogP contribution is -2.48. The second kappa shape index (κ2) is 10.1. The highest BCUT2D eigenvalue weighted by Crippen LogP contribution is 2.26. The zero-order valence-electron chi connectivity index (χ0n) is 19.5. The molecule has 0 aliphatic carbocycles. The molecule has 0 bridgehead atoms. The van der Waals surface area contributed by atoms with Gasteiger partial charge in [-0.15, -0.1) is 10.2 Å². The van der Waals surface area contributed by atoms with Crippen LogP contribution >= 0.6 is 23.4 Å². The number of hydrogen-bond acceptors (Lipinski definition) is 7. The van der Waals surface area contributed by atoms with Gasteiger partial charge >= 0.3 is 0 Å². The van der Waals surface area contributed by atoms with Crippen LogP contribution < -0.4 is 4.90 Å². The van der Waals surface area contributed by atoms with E-state index in [2.05, 4.69) is 39.1 Å². The first-order valence-electron chi connectivity index (χ1n) is 11.3. The third kappa shape index (κ3) is 5.21. The van der Waals surface area contributed by atoms with E-state index in [1.165, 1.54) is 23.6 Å². The number of anilines is 1. The van der Waals surface area contributed by atoms with E-state index in [1.807, 2.05) is 52.8 Å². The molecule has 35 heavy (non-hydrogen) atoms. The predicted octanol–water partition coefficient (Wildman–Crippen LogP) is 4.78. The van der Waals surface area contributed by atoms with Crippen LogP contribution in [0.3, 0.4) is 0 Å². The van der Waals surface area contributed by atoms with Gasteiger partial charge in [0.1, 0.15) is 12.1 Å². The van der Waals surface area contributed by atoms with E-state index in [9.17, 15) is 4.79 Å². The molecule has 0 N–H and O–H groups in total. The quantitative estimate of drug-likeness (QED) is 0.347. The van der Waals surface area contributed by atoms with Gasteiger partial charge < -0.3 is 14.2 Å². The van der Waals surface area contributed by atoms with Gasteiger partial charge in [0, 0.05) is 42.6 Å². The highest BCUT2D eigenvalue weighted by Gasteiger charge is 2.25. The highest BCUT2D eigenvalue weighted by atomic mass is 35.5. The SMILES string of the molecule is Cc1ccc(-n2c(C)nnc2SCc2nc(C(=O)N3CCN(c4cccc(Cl)c4)CC3)co2)cc1. The van der Waals surface area contributed by atoms with E-state index >= 15 is 0 Å². The molecule has 1 aliphatic heterocycles. The van der Waals surface area contributed by atoms with Crippen molar-refractivity contribution >= 4 is 35.0 Å². The zero-order valence-corrected chi connectivity index (χ0v) is 21.1. The van der Waals surface area contributed by atoms with Gasteiger partial charge in [-0.2, -0.15) is 0 Å². The van der Waals surface area contributed by atoms with E-state index in [0.29, 0.717) is 35.4 Å². The van der Waals surface area contributed by atoms with E-state index in [4.69, 9.17) is 16.0 Å². The third-order valence-electron chi connectivity index (χ3n) is 5.92. The van der Waals surface area contributed by atoms with Crippen molar-refractivity contribution in [1.29, 1.82) is 0 Å². The largest absolute Gasteiger partial charge is 0.447 e. The van der Waals surface area contributed by atoms with E-state index in [-0.39, 0.29) is 5.91 Å². The first-order chi connectivity index (χ1) is 17.0. The Morgan fingerprint density at radius 2 is 1.80 bits per heavy atom. The van der Waals surface area contributed by atoms with Crippen LogP contribution in [0.4, 0.5) is 5.69 Å². The number of halogens is 1. The lowest BCUT2D eigenvalue weighted by Gasteiger charge is -2.35. The first-order valence-corrected chi connectivity index (χ1v) is 12.7. The zero-order chi connectivity index (χ0) is 24.4. The fraction of sp³-hybridized carbons (Fsp3) is 0.280. The number of carbonyl (C=O) groups is 1. The minimum absolute atomic E-state index is 0.116. The van der Waals surface area contributed by atoms with Gasteiger partial charge in [0.05, 0.1) is 5.75 Å². The van der Waals surface area contributed by atoms with Gasteiger partial charge in [0.15, 0.2) is 10.9 Å². The van der Waals surface area contributed by atoms with Gasteiger partial charge in [0.25, 0.3) is 5.91 Å². The van der Waals surface area contributed by atoms with Crippen molar-refractivity contribution in [2.45, 2.75) is 24.8 Å². The summed E-state index contributed by atoms with van der Waals surface area (Å²) in [6.45, 7) is 6.67. The molecular formula is C25H25ClN6O2S. The normalized spacial score (nSPS) is 13.9. The Hall–Kier alpha value is -3.30. The summed E-state index contributed by atoms with van der Waals surface area (Å²) in [5.74, 6) is 1.61. The number of aryl methyl sites for hydroxylation is 2. The summed E-state index contributed by atoms with van der Waals surface area (Å²) < 4.78 is 7.61. The van der Waals surface area contributed by atoms with Gasteiger partial charge in [-0.25, -0.2) is 4.98 Å². The molecule has 0 unspecified atom stereocenters. The molecule has 3 heterocycles. The Labute approximate surface area is 212 Å². The van der Waals surface area contributed by atoms with Crippen LogP contribution in [0, 0.1) is 13.8 Å². The summed E-state index contributed by atoms with van der Waals surface area (Å²) in [4.78, 5) is 21.5. The summed E-state index contributed by atoms with van der Waals surface area (Å²) >= 11 is 7.59. The summed E-state index contributed by atoms with van der Waals surface area (Å²) in [7, 11) is 0. The summed E-state index contributed by atoms with van der Waals surface area (Å²) in [6, 6.07) is 16.0. The van der Waals surface area contributed by atoms with Crippen LogP contribution in [-0.4, -0.2) is 56.7 Å². The standard InChI is InChI=1S/C25H25ClN6O2S/c1-17-6-8-20(9-7-17)32-18(2)28-29-25(32)35-16-23-27-22(15-34-23)24(33)31-12-10-30(11-13-31)21-5-3-4-19(26)14-21/h3-9,14-15H,10-13,16H2,1-2H3. The van der Waals surface area contributed by atoms with Gasteiger partial charge in [-0.05, 0) is 44.2 Å². The van der Waals surface area contributed by atoms with Gasteiger partial charge in [0.2, 0.25) is 5.89 Å². The summed E-state index contributed by atoms with van der Waals surface area (Å²) in [5, 5.41) is 9.98. The van der Waals surface area contributed by atoms with Crippen molar-refractivity contribution < 1.29 is 9.21 Å². The monoisotopic (exact) mass is 508 g/mol. The molecule has 4 aromatic rings. The van der Waals surface area contributed by atoms with Crippen molar-refractivity contribution in [3.05, 3.63) is 82.8 Å². The van der Waals surface area contributed by atoms with Gasteiger partial charge in [-0.3, -0.25) is 9.36 Å². The van der Waals surface area contributed by atoms with Crippen LogP contribution in [0.25, 0.3) is 5.69 Å². The Kier molecular flexibility index (Phi) is 6.79. The minimum atomic E-state index is -0.116. The number of piperazine rings is 1. The molecule has 5 rings (SSSR count). The molecule has 2 aromatic heterocycles. The molecule has 180 valence electrons. The van der Waals surface area contributed by atoms with Crippen LogP contribution in [0.15, 0.2) is 64.4 Å². The second-order valence-electron chi connectivity index (χ2n) is 8.38. The number of oxazole rings is 1. The number of hydrogen-bond donors (Lipinski definition) is 0. The fourth-order valence-corrected chi connectivity index (χ4v) is 5.07. The Bertz CT molecular complexity index is 1330. The molecule has 0 spiro atoms. The highest BCUT2D eigenvalue weighted by molar-refractivity contribution is 7.98. The fourth-order valence-electron chi connectivity index (χ4n) is 4.03. The number of rotatable bonds is 6. The molecule has 1 fully saturated rings. The first kappa shape index (κ1) is 23.4. The lowest BCUT2D eigenvalue weighted by atomic mass is 10.2. The van der Waals surface area contributed by atoms with Crippen LogP contribution in [0.1, 0.15) is 27.8 Å². The lowest BCUT2D eigenvalue weighted by molar-refractivity contribution is 0.0741. The Morgan fingerprint density at radius 3 is 2.54 bits per heavy atom. The number of benzene rings is 2. The van der Waals surface area contributed by atoms with E-state index < -0.39 is 0 Å². The Morgan fingerprint density at radius 1 is 1.03 bits per heavy atom. The Balaban J connectivity index is 1.20. The number of thioether (sulfide) groups is 1. The number of aromatic nitrogens is 4. The summed E-state index contributed by atoms with van der Waals surface area (Å²) in [6.07, 6.45) is 1.44. The van der Waals surface area contributed by atoms with Crippen molar-refractivity contribution in [2.24, 2.45) is 0 Å². The summed E-state index contributed by atoms with van der Waals surface area (Å²) in [5.41, 5.74) is 3.59. The molecule has 0 radical (unpaired) electrons. The molecule has 1 aliphatic rings. The maximum atomic E-state index is 13.0. The third-order valence-corrected chi connectivity index (χ3v) is 7.07. The molecule has 0 atom stereocenters. The molecule has 1 amide bonds. The topological polar surface area (TPSA) is 80.3 Å². The van der Waals surface area contributed by atoms with Crippen LogP contribution in [-0.2, 0) is 5.75 Å². The average Bonchev–Trinajstić information content (AvgIpc) is 3.49. The average molecular weight is 509 g/mol. The predicted molar refractivity (Wildman–Crippen MR) is 136 cm³/mol. The van der Waals surface area contributed by atoms with Crippen molar-refractivity contribution in [3.8, 4) is 5.69 Å². The maximum Gasteiger partial charge on any atom is 0.275 e. The van der Waals surface area contributed by atoms with Crippen LogP contribution in [0.5, 0.6) is 0 Å². The number of carbonyl (C=O) groups excluding carboxylic acids is 1. The smallest absolute Gasteiger partial charge is 0.275 e. The molecule has 10 heteroatoms. The molecule has 0 saturated carbocycles. The van der Waals surface area contributed by atoms with E-state index in [0.717, 1.165) is 35.4 Å². The second-order valence-corrected chi connectivity index (χ2v) is 9.75.